The summed E-state index contributed by atoms with van der Waals surface area (Å²) in [5.41, 5.74) is 0.855. The Morgan fingerprint density at radius 1 is 1.35 bits per heavy atom. The summed E-state index contributed by atoms with van der Waals surface area (Å²) in [5.74, 6) is 1.46. The maximum Gasteiger partial charge on any atom is 0.231 e. The second-order valence-electron chi connectivity index (χ2n) is 3.33. The molecule has 5 nitrogen and oxygen atoms in total. The molecule has 1 aliphatic rings. The van der Waals surface area contributed by atoms with Crippen LogP contribution in [0.3, 0.4) is 0 Å². The average molecular weight is 245 g/mol. The zero-order valence-electron chi connectivity index (χ0n) is 8.64. The van der Waals surface area contributed by atoms with Crippen molar-refractivity contribution in [3.8, 4) is 17.6 Å². The van der Waals surface area contributed by atoms with Crippen molar-refractivity contribution in [1.82, 2.24) is 4.98 Å². The van der Waals surface area contributed by atoms with Crippen molar-refractivity contribution in [3.63, 3.8) is 0 Å². The molecule has 6 heteroatoms. The lowest BCUT2D eigenvalue weighted by Gasteiger charge is -2.03. The van der Waals surface area contributed by atoms with Gasteiger partial charge in [0.1, 0.15) is 10.9 Å². The molecule has 17 heavy (non-hydrogen) atoms. The molecule has 0 saturated heterocycles. The van der Waals surface area contributed by atoms with Crippen LogP contribution in [0.5, 0.6) is 11.5 Å². The fraction of sp³-hybridized carbons (Fsp3) is 0.0909. The average Bonchev–Trinajstić information content (AvgIpc) is 2.96. The van der Waals surface area contributed by atoms with Crippen LogP contribution in [0.2, 0.25) is 0 Å². The summed E-state index contributed by atoms with van der Waals surface area (Å²) in [6.45, 7) is 0.259. The maximum absolute atomic E-state index is 8.70. The van der Waals surface area contributed by atoms with Gasteiger partial charge in [0.15, 0.2) is 16.6 Å². The van der Waals surface area contributed by atoms with Crippen LogP contribution >= 0.6 is 11.3 Å². The summed E-state index contributed by atoms with van der Waals surface area (Å²) in [4.78, 5) is 4.67. The minimum absolute atomic E-state index is 0.259. The van der Waals surface area contributed by atoms with Gasteiger partial charge in [-0.05, 0) is 12.1 Å². The topological polar surface area (TPSA) is 67.2 Å². The van der Waals surface area contributed by atoms with Gasteiger partial charge in [0.25, 0.3) is 0 Å². The van der Waals surface area contributed by atoms with Gasteiger partial charge in [0.05, 0.1) is 6.20 Å². The van der Waals surface area contributed by atoms with E-state index in [1.807, 2.05) is 24.3 Å². The van der Waals surface area contributed by atoms with Gasteiger partial charge in [0, 0.05) is 11.8 Å². The van der Waals surface area contributed by atoms with E-state index in [1.165, 1.54) is 11.3 Å². The van der Waals surface area contributed by atoms with Crippen LogP contribution in [0.1, 0.15) is 4.88 Å². The number of ether oxygens (including phenoxy) is 2. The van der Waals surface area contributed by atoms with Gasteiger partial charge in [-0.25, -0.2) is 4.98 Å². The summed E-state index contributed by atoms with van der Waals surface area (Å²) in [6.07, 6.45) is 1.54. The van der Waals surface area contributed by atoms with E-state index in [0.29, 0.717) is 15.8 Å². The molecule has 1 aromatic carbocycles. The van der Waals surface area contributed by atoms with Crippen LogP contribution < -0.4 is 14.8 Å². The number of hydrogen-bond donors (Lipinski definition) is 1. The highest BCUT2D eigenvalue weighted by Gasteiger charge is 2.13. The molecule has 2 heterocycles. The molecule has 0 saturated carbocycles. The minimum atomic E-state index is 0.259. The number of nitrogens with one attached hydrogen (secondary N) is 1. The molecule has 0 fully saturated rings. The summed E-state index contributed by atoms with van der Waals surface area (Å²) < 4.78 is 10.5. The van der Waals surface area contributed by atoms with Crippen LogP contribution in [0, 0.1) is 11.3 Å². The van der Waals surface area contributed by atoms with E-state index in [0.717, 1.165) is 11.4 Å². The lowest BCUT2D eigenvalue weighted by molar-refractivity contribution is 0.174. The molecule has 0 aliphatic carbocycles. The molecule has 1 N–H and O–H groups in total. The predicted molar refractivity (Wildman–Crippen MR) is 62.7 cm³/mol. The number of hydrogen-bond acceptors (Lipinski definition) is 6. The minimum Gasteiger partial charge on any atom is -0.454 e. The Morgan fingerprint density at radius 3 is 3.06 bits per heavy atom. The van der Waals surface area contributed by atoms with Gasteiger partial charge in [-0.15, -0.1) is 0 Å². The molecule has 0 amide bonds. The molecule has 0 unspecified atom stereocenters. The van der Waals surface area contributed by atoms with Crippen molar-refractivity contribution < 1.29 is 9.47 Å². The number of nitriles is 1. The molecule has 84 valence electrons. The Hall–Kier alpha value is -2.26. The second kappa shape index (κ2) is 3.96. The molecule has 2 aromatic rings. The van der Waals surface area contributed by atoms with Gasteiger partial charge in [-0.1, -0.05) is 11.3 Å². The second-order valence-corrected chi connectivity index (χ2v) is 4.37. The van der Waals surface area contributed by atoms with Crippen molar-refractivity contribution in [2.24, 2.45) is 0 Å². The lowest BCUT2D eigenvalue weighted by Crippen LogP contribution is -1.93. The fourth-order valence-corrected chi connectivity index (χ4v) is 2.12. The Morgan fingerprint density at radius 2 is 2.24 bits per heavy atom. The van der Waals surface area contributed by atoms with Crippen molar-refractivity contribution in [2.75, 3.05) is 12.1 Å². The molecule has 0 atom stereocenters. The Bertz CT molecular complexity index is 603. The van der Waals surface area contributed by atoms with Crippen molar-refractivity contribution >= 4 is 22.2 Å². The highest BCUT2D eigenvalue weighted by Crippen LogP contribution is 2.35. The highest BCUT2D eigenvalue weighted by molar-refractivity contribution is 7.16. The number of anilines is 2. The van der Waals surface area contributed by atoms with E-state index in [4.69, 9.17) is 14.7 Å². The van der Waals surface area contributed by atoms with E-state index >= 15 is 0 Å². The van der Waals surface area contributed by atoms with Gasteiger partial charge < -0.3 is 14.8 Å². The standard InChI is InChI=1S/C11H7N3O2S/c12-4-8-5-13-11(17-8)14-7-1-2-9-10(3-7)16-6-15-9/h1-3,5H,6H2,(H,13,14). The van der Waals surface area contributed by atoms with Gasteiger partial charge in [-0.3, -0.25) is 0 Å². The molecule has 3 rings (SSSR count). The van der Waals surface area contributed by atoms with Crippen LogP contribution in [-0.4, -0.2) is 11.8 Å². The molecule has 0 radical (unpaired) electrons. The Labute approximate surface area is 101 Å². The van der Waals surface area contributed by atoms with E-state index in [-0.39, 0.29) is 6.79 Å². The number of nitrogens with zero attached hydrogens (tertiary/aromatic N) is 2. The third kappa shape index (κ3) is 1.88. The third-order valence-corrected chi connectivity index (χ3v) is 3.06. The number of fused-ring (bicyclic) bond motifs is 1. The number of rotatable bonds is 2. The van der Waals surface area contributed by atoms with Gasteiger partial charge >= 0.3 is 0 Å². The SMILES string of the molecule is N#Cc1cnc(Nc2ccc3c(c2)OCO3)s1. The normalized spacial score (nSPS) is 12.2. The third-order valence-electron chi connectivity index (χ3n) is 2.24. The van der Waals surface area contributed by atoms with Crippen LogP contribution in [0.15, 0.2) is 24.4 Å². The highest BCUT2D eigenvalue weighted by atomic mass is 32.1. The summed E-state index contributed by atoms with van der Waals surface area (Å²) in [7, 11) is 0. The quantitative estimate of drug-likeness (QED) is 0.880. The van der Waals surface area contributed by atoms with Crippen LogP contribution in [0.25, 0.3) is 0 Å². The first-order valence-electron chi connectivity index (χ1n) is 4.88. The van der Waals surface area contributed by atoms with Gasteiger partial charge in [-0.2, -0.15) is 5.26 Å². The molecule has 1 aromatic heterocycles. The van der Waals surface area contributed by atoms with Crippen molar-refractivity contribution in [3.05, 3.63) is 29.3 Å². The molecular formula is C11H7N3O2S. The van der Waals surface area contributed by atoms with Crippen LogP contribution in [-0.2, 0) is 0 Å². The molecule has 1 aliphatic heterocycles. The number of benzene rings is 1. The van der Waals surface area contributed by atoms with E-state index in [9.17, 15) is 0 Å². The van der Waals surface area contributed by atoms with Crippen molar-refractivity contribution in [2.45, 2.75) is 0 Å². The first kappa shape index (κ1) is 9.93. The zero-order chi connectivity index (χ0) is 11.7. The molecule has 0 spiro atoms. The smallest absolute Gasteiger partial charge is 0.231 e. The Kier molecular flexibility index (Phi) is 2.31. The van der Waals surface area contributed by atoms with Gasteiger partial charge in [0.2, 0.25) is 6.79 Å². The summed E-state index contributed by atoms with van der Waals surface area (Å²) >= 11 is 1.31. The summed E-state index contributed by atoms with van der Waals surface area (Å²) in [6, 6.07) is 7.60. The van der Waals surface area contributed by atoms with Crippen LogP contribution in [0.4, 0.5) is 10.8 Å². The number of aromatic nitrogens is 1. The lowest BCUT2D eigenvalue weighted by atomic mass is 10.3. The fourth-order valence-electron chi connectivity index (χ4n) is 1.48. The summed E-state index contributed by atoms with van der Waals surface area (Å²) in [5, 5.41) is 12.5. The van der Waals surface area contributed by atoms with E-state index in [2.05, 4.69) is 10.3 Å². The zero-order valence-corrected chi connectivity index (χ0v) is 9.45. The maximum atomic E-state index is 8.70. The van der Waals surface area contributed by atoms with Crippen molar-refractivity contribution in [1.29, 1.82) is 5.26 Å². The Balaban J connectivity index is 1.83. The predicted octanol–water partition coefficient (Wildman–Crippen LogP) is 2.49. The monoisotopic (exact) mass is 245 g/mol. The largest absolute Gasteiger partial charge is 0.454 e. The first-order valence-corrected chi connectivity index (χ1v) is 5.69. The number of thiazole rings is 1. The molecular weight excluding hydrogens is 238 g/mol. The van der Waals surface area contributed by atoms with E-state index < -0.39 is 0 Å². The first-order chi connectivity index (χ1) is 8.35. The van der Waals surface area contributed by atoms with E-state index in [1.54, 1.807) is 6.20 Å². The molecule has 0 bridgehead atoms.